The summed E-state index contributed by atoms with van der Waals surface area (Å²) in [6.45, 7) is 5.34. The average Bonchev–Trinajstić information content (AvgIpc) is 2.88. The van der Waals surface area contributed by atoms with Crippen LogP contribution in [0.2, 0.25) is 0 Å². The van der Waals surface area contributed by atoms with Gasteiger partial charge in [-0.25, -0.2) is 4.79 Å². The van der Waals surface area contributed by atoms with E-state index in [0.29, 0.717) is 29.0 Å². The lowest BCUT2D eigenvalue weighted by molar-refractivity contribution is -0.164. The Morgan fingerprint density at radius 1 is 0.821 bits per heavy atom. The number of alkyl halides is 6. The van der Waals surface area contributed by atoms with E-state index in [4.69, 9.17) is 9.47 Å². The molecule has 39 heavy (non-hydrogen) atoms. The number of ether oxygens (including phenoxy) is 2. The molecule has 0 bridgehead atoms. The van der Waals surface area contributed by atoms with E-state index in [0.717, 1.165) is 5.57 Å². The number of hydrogen-bond donors (Lipinski definition) is 1. The summed E-state index contributed by atoms with van der Waals surface area (Å²) in [4.78, 5) is 11.6. The Morgan fingerprint density at radius 2 is 1.36 bits per heavy atom. The van der Waals surface area contributed by atoms with Gasteiger partial charge in [0.15, 0.2) is 5.60 Å². The molecule has 0 amide bonds. The van der Waals surface area contributed by atoms with Crippen molar-refractivity contribution in [2.45, 2.75) is 38.7 Å². The van der Waals surface area contributed by atoms with Gasteiger partial charge in [-0.3, -0.25) is 0 Å². The maximum absolute atomic E-state index is 13.2. The first-order valence-electron chi connectivity index (χ1n) is 11.8. The molecule has 0 radical (unpaired) electrons. The van der Waals surface area contributed by atoms with E-state index >= 15 is 0 Å². The summed E-state index contributed by atoms with van der Waals surface area (Å²) in [5.74, 6) is -0.621. The zero-order valence-corrected chi connectivity index (χ0v) is 21.3. The van der Waals surface area contributed by atoms with Gasteiger partial charge in [0.1, 0.15) is 12.4 Å². The molecule has 10 heteroatoms. The van der Waals surface area contributed by atoms with Gasteiger partial charge in [-0.1, -0.05) is 36.4 Å². The maximum Gasteiger partial charge on any atom is 0.416 e. The molecule has 0 aliphatic carbocycles. The molecule has 1 unspecified atom stereocenters. The van der Waals surface area contributed by atoms with Crippen LogP contribution in [0.1, 0.15) is 43.0 Å². The van der Waals surface area contributed by atoms with Crippen LogP contribution in [0.15, 0.2) is 72.8 Å². The molecule has 0 saturated carbocycles. The van der Waals surface area contributed by atoms with Crippen LogP contribution >= 0.6 is 0 Å². The van der Waals surface area contributed by atoms with Crippen molar-refractivity contribution < 1.29 is 45.7 Å². The van der Waals surface area contributed by atoms with Gasteiger partial charge in [0.05, 0.1) is 11.1 Å². The molecule has 0 aliphatic rings. The normalized spacial score (nSPS) is 14.1. The third-order valence-electron chi connectivity index (χ3n) is 6.15. The van der Waals surface area contributed by atoms with E-state index in [1.165, 1.54) is 19.1 Å². The molecule has 4 nitrogen and oxygen atoms in total. The highest BCUT2D eigenvalue weighted by Crippen LogP contribution is 2.39. The molecule has 3 aromatic rings. The number of carboxylic acids is 1. The molecule has 0 spiro atoms. The van der Waals surface area contributed by atoms with Gasteiger partial charge in [0.25, 0.3) is 0 Å². The summed E-state index contributed by atoms with van der Waals surface area (Å²) in [5, 5.41) is 9.51. The lowest BCUT2D eigenvalue weighted by Crippen LogP contribution is -2.35. The largest absolute Gasteiger partial charge is 0.490 e. The predicted molar refractivity (Wildman–Crippen MR) is 134 cm³/mol. The highest BCUT2D eigenvalue weighted by Gasteiger charge is 2.37. The summed E-state index contributed by atoms with van der Waals surface area (Å²) in [5.41, 5.74) is -2.29. The van der Waals surface area contributed by atoms with Crippen molar-refractivity contribution in [2.24, 2.45) is 0 Å². The minimum absolute atomic E-state index is 0.0993. The van der Waals surface area contributed by atoms with Gasteiger partial charge in [0, 0.05) is 6.61 Å². The first-order valence-corrected chi connectivity index (χ1v) is 11.8. The number of aliphatic carboxylic acids is 1. The second-order valence-corrected chi connectivity index (χ2v) is 8.87. The number of carboxylic acid groups (broad SMARTS) is 1. The number of carbonyl (C=O) groups is 1. The number of halogens is 6. The van der Waals surface area contributed by atoms with Gasteiger partial charge >= 0.3 is 18.3 Å². The van der Waals surface area contributed by atoms with E-state index in [1.54, 1.807) is 56.3 Å². The van der Waals surface area contributed by atoms with Gasteiger partial charge in [-0.15, -0.1) is 0 Å². The lowest BCUT2D eigenvalue weighted by Gasteiger charge is -2.25. The van der Waals surface area contributed by atoms with Crippen LogP contribution in [-0.4, -0.2) is 24.3 Å². The molecular weight excluding hydrogens is 526 g/mol. The van der Waals surface area contributed by atoms with Crippen molar-refractivity contribution in [1.82, 2.24) is 0 Å². The van der Waals surface area contributed by atoms with Crippen LogP contribution in [0.25, 0.3) is 16.7 Å². The molecular formula is C29H26F6O4. The summed E-state index contributed by atoms with van der Waals surface area (Å²) in [6, 6.07) is 14.1. The predicted octanol–water partition coefficient (Wildman–Crippen LogP) is 8.21. The first kappa shape index (κ1) is 29.8. The topological polar surface area (TPSA) is 55.8 Å². The van der Waals surface area contributed by atoms with Crippen LogP contribution in [0, 0.1) is 0 Å². The van der Waals surface area contributed by atoms with E-state index < -0.39 is 35.0 Å². The number of allylic oxidation sites excluding steroid dienone is 1. The van der Waals surface area contributed by atoms with Gasteiger partial charge in [-0.2, -0.15) is 26.3 Å². The number of benzene rings is 3. The summed E-state index contributed by atoms with van der Waals surface area (Å²) in [7, 11) is 0. The Kier molecular flexibility index (Phi) is 8.80. The van der Waals surface area contributed by atoms with Crippen molar-refractivity contribution >= 4 is 11.5 Å². The first-order chi connectivity index (χ1) is 18.1. The third kappa shape index (κ3) is 7.20. The van der Waals surface area contributed by atoms with E-state index in [1.807, 2.05) is 0 Å². The minimum Gasteiger partial charge on any atom is -0.490 e. The Labute approximate surface area is 221 Å². The maximum atomic E-state index is 13.2. The number of rotatable bonds is 9. The van der Waals surface area contributed by atoms with Crippen molar-refractivity contribution in [2.75, 3.05) is 13.2 Å². The van der Waals surface area contributed by atoms with Crippen molar-refractivity contribution in [3.05, 3.63) is 95.1 Å². The molecule has 0 aliphatic heterocycles. The molecule has 208 valence electrons. The van der Waals surface area contributed by atoms with E-state index in [-0.39, 0.29) is 30.4 Å². The zero-order valence-electron chi connectivity index (χ0n) is 21.3. The van der Waals surface area contributed by atoms with Crippen LogP contribution < -0.4 is 4.74 Å². The number of hydrogen-bond acceptors (Lipinski definition) is 3. The fourth-order valence-corrected chi connectivity index (χ4v) is 3.85. The second-order valence-electron chi connectivity index (χ2n) is 8.87. The molecule has 0 heterocycles. The fraction of sp³-hybridized carbons (Fsp3) is 0.276. The molecule has 1 atom stereocenters. The SMILES string of the molecule is CCOC(C)(C(=O)O)c1ccc(OCC=C(C)c2ccc(-c3cc(C(F)(F)F)cc(C(F)(F)F)c3)cc2)cc1. The third-order valence-corrected chi connectivity index (χ3v) is 6.15. The van der Waals surface area contributed by atoms with Crippen molar-refractivity contribution in [3.8, 4) is 16.9 Å². The molecule has 0 saturated heterocycles. The molecule has 3 rings (SSSR count). The van der Waals surface area contributed by atoms with Gasteiger partial charge < -0.3 is 14.6 Å². The van der Waals surface area contributed by atoms with Crippen LogP contribution in [0.4, 0.5) is 26.3 Å². The monoisotopic (exact) mass is 552 g/mol. The second kappa shape index (κ2) is 11.5. The van der Waals surface area contributed by atoms with Crippen LogP contribution in [0.3, 0.4) is 0 Å². The van der Waals surface area contributed by atoms with E-state index in [9.17, 15) is 36.2 Å². The van der Waals surface area contributed by atoms with Crippen molar-refractivity contribution in [3.63, 3.8) is 0 Å². The van der Waals surface area contributed by atoms with Crippen LogP contribution in [0.5, 0.6) is 5.75 Å². The standard InChI is InChI=1S/C29H26F6O4/c1-4-39-27(3,26(36)37)22-9-11-25(12-10-22)38-14-13-18(2)19-5-7-20(8-6-19)21-15-23(28(30,31)32)17-24(16-21)29(33,34)35/h5-13,15-17H,4,14H2,1-3H3,(H,36,37). The summed E-state index contributed by atoms with van der Waals surface area (Å²) in [6.07, 6.45) is -8.08. The molecule has 1 N–H and O–H groups in total. The molecule has 0 aromatic heterocycles. The Hall–Kier alpha value is -3.79. The highest BCUT2D eigenvalue weighted by atomic mass is 19.4. The Balaban J connectivity index is 1.73. The van der Waals surface area contributed by atoms with Gasteiger partial charge in [-0.05, 0) is 85.0 Å². The van der Waals surface area contributed by atoms with Crippen molar-refractivity contribution in [1.29, 1.82) is 0 Å². The van der Waals surface area contributed by atoms with Crippen LogP contribution in [-0.2, 0) is 27.5 Å². The van der Waals surface area contributed by atoms with E-state index in [2.05, 4.69) is 0 Å². The summed E-state index contributed by atoms with van der Waals surface area (Å²) >= 11 is 0. The highest BCUT2D eigenvalue weighted by molar-refractivity contribution is 5.79. The lowest BCUT2D eigenvalue weighted by atomic mass is 9.96. The molecule has 0 fully saturated rings. The zero-order chi connectivity index (χ0) is 29.0. The minimum atomic E-state index is -4.92. The quantitative estimate of drug-likeness (QED) is 0.272. The Morgan fingerprint density at radius 3 is 1.82 bits per heavy atom. The Bertz CT molecular complexity index is 1290. The fourth-order valence-electron chi connectivity index (χ4n) is 3.85. The summed E-state index contributed by atoms with van der Waals surface area (Å²) < 4.78 is 90.2. The van der Waals surface area contributed by atoms with Gasteiger partial charge in [0.2, 0.25) is 0 Å². The molecule has 3 aromatic carbocycles. The average molecular weight is 553 g/mol. The smallest absolute Gasteiger partial charge is 0.416 e.